The molecule has 0 spiro atoms. The van der Waals surface area contributed by atoms with E-state index in [9.17, 15) is 14.4 Å². The summed E-state index contributed by atoms with van der Waals surface area (Å²) in [4.78, 5) is 45.5. The Morgan fingerprint density at radius 3 is 2.25 bits per heavy atom. The number of nitrogens with zero attached hydrogens (tertiary/aromatic N) is 3. The first-order valence-electron chi connectivity index (χ1n) is 17.6. The molecule has 1 heterocycles. The zero-order valence-electron chi connectivity index (χ0n) is 31.0. The molecule has 0 saturated carbocycles. The van der Waals surface area contributed by atoms with Crippen molar-refractivity contribution >= 4 is 53.9 Å². The predicted octanol–water partition coefficient (Wildman–Crippen LogP) is 6.60. The predicted molar refractivity (Wildman–Crippen MR) is 212 cm³/mol. The molecule has 1 saturated heterocycles. The Hall–Kier alpha value is -4.03. The fourth-order valence-electron chi connectivity index (χ4n) is 5.61. The van der Waals surface area contributed by atoms with Crippen LogP contribution >= 0.6 is 24.8 Å². The van der Waals surface area contributed by atoms with Gasteiger partial charge >= 0.3 is 0 Å². The molecular formula is C39H55Cl2N5O6. The van der Waals surface area contributed by atoms with E-state index in [-0.39, 0.29) is 48.6 Å². The molecule has 0 aromatic heterocycles. The maximum atomic E-state index is 13.8. The van der Waals surface area contributed by atoms with Crippen LogP contribution in [0.15, 0.2) is 60.7 Å². The molecule has 3 aromatic rings. The number of anilines is 2. The number of likely N-dealkylation sites (N-methyl/N-ethyl adjacent to an activating group) is 1. The van der Waals surface area contributed by atoms with Crippen molar-refractivity contribution in [2.24, 2.45) is 5.73 Å². The van der Waals surface area contributed by atoms with E-state index in [1.54, 1.807) is 48.3 Å². The van der Waals surface area contributed by atoms with Gasteiger partial charge < -0.3 is 40.0 Å². The van der Waals surface area contributed by atoms with Gasteiger partial charge in [0.1, 0.15) is 17.2 Å². The molecule has 3 amide bonds. The van der Waals surface area contributed by atoms with E-state index in [0.717, 1.165) is 51.0 Å². The molecule has 0 unspecified atom stereocenters. The van der Waals surface area contributed by atoms with Gasteiger partial charge in [-0.05, 0) is 108 Å². The quantitative estimate of drug-likeness (QED) is 0.148. The molecule has 0 bridgehead atoms. The number of amides is 3. The number of benzene rings is 3. The fraction of sp³-hybridized carbons (Fsp3) is 0.462. The number of unbranched alkanes of at least 4 members (excludes halogenated alkanes) is 2. The van der Waals surface area contributed by atoms with E-state index < -0.39 is 0 Å². The summed E-state index contributed by atoms with van der Waals surface area (Å²) in [7, 11) is 3.79. The molecule has 1 aliphatic rings. The van der Waals surface area contributed by atoms with E-state index in [2.05, 4.69) is 17.3 Å². The van der Waals surface area contributed by atoms with Gasteiger partial charge in [0, 0.05) is 45.2 Å². The Morgan fingerprint density at radius 1 is 0.846 bits per heavy atom. The average molecular weight is 761 g/mol. The summed E-state index contributed by atoms with van der Waals surface area (Å²) in [5.74, 6) is 1.06. The molecule has 0 atom stereocenters. The first-order chi connectivity index (χ1) is 24.1. The number of carbonyl (C=O) groups excluding carboxylic acids is 3. The number of hydrogen-bond donors (Lipinski definition) is 2. The summed E-state index contributed by atoms with van der Waals surface area (Å²) in [5, 5.41) is 2.93. The van der Waals surface area contributed by atoms with Crippen LogP contribution in [0.25, 0.3) is 0 Å². The van der Waals surface area contributed by atoms with Gasteiger partial charge in [0.2, 0.25) is 5.91 Å². The second-order valence-electron chi connectivity index (χ2n) is 13.0. The second-order valence-corrected chi connectivity index (χ2v) is 13.0. The van der Waals surface area contributed by atoms with Crippen LogP contribution in [0.3, 0.4) is 0 Å². The lowest BCUT2D eigenvalue weighted by Crippen LogP contribution is -2.47. The van der Waals surface area contributed by atoms with Crippen molar-refractivity contribution < 1.29 is 28.6 Å². The zero-order chi connectivity index (χ0) is 36.0. The highest BCUT2D eigenvalue weighted by molar-refractivity contribution is 6.09. The summed E-state index contributed by atoms with van der Waals surface area (Å²) < 4.78 is 18.1. The van der Waals surface area contributed by atoms with Crippen molar-refractivity contribution in [2.45, 2.75) is 59.0 Å². The molecule has 0 aliphatic carbocycles. The van der Waals surface area contributed by atoms with E-state index in [1.807, 2.05) is 49.9 Å². The number of piperazine rings is 1. The number of nitrogens with two attached hydrogens (primary N) is 1. The van der Waals surface area contributed by atoms with Crippen LogP contribution in [-0.4, -0.2) is 93.7 Å². The second kappa shape index (κ2) is 22.1. The molecule has 4 rings (SSSR count). The maximum Gasteiger partial charge on any atom is 0.259 e. The minimum Gasteiger partial charge on any atom is -0.493 e. The summed E-state index contributed by atoms with van der Waals surface area (Å²) in [6.45, 7) is 10.6. The van der Waals surface area contributed by atoms with E-state index in [0.29, 0.717) is 72.4 Å². The van der Waals surface area contributed by atoms with Crippen LogP contribution in [0.5, 0.6) is 17.2 Å². The third kappa shape index (κ3) is 12.9. The largest absolute Gasteiger partial charge is 0.493 e. The SMILES string of the molecule is Cc1ccc(N(C)C(=O)c2ccc(NC(=O)c3ccccc3OCCCN)c(OC(C)C)c2)c(OCCCCCC(=O)N2CCN(C)CC2)c1.Cl.Cl. The molecule has 52 heavy (non-hydrogen) atoms. The van der Waals surface area contributed by atoms with Gasteiger partial charge in [-0.15, -0.1) is 24.8 Å². The number of nitrogens with one attached hydrogen (secondary N) is 1. The van der Waals surface area contributed by atoms with Gasteiger partial charge in [0.15, 0.2) is 0 Å². The number of carbonyl (C=O) groups is 3. The number of aryl methyl sites for hydroxylation is 1. The molecule has 13 heteroatoms. The number of halogens is 2. The van der Waals surface area contributed by atoms with Crippen molar-refractivity contribution in [2.75, 3.05) is 70.2 Å². The Bertz CT molecular complexity index is 1600. The minimum atomic E-state index is -0.360. The zero-order valence-corrected chi connectivity index (χ0v) is 32.7. The van der Waals surface area contributed by atoms with Crippen LogP contribution in [-0.2, 0) is 4.79 Å². The Morgan fingerprint density at radius 2 is 1.54 bits per heavy atom. The molecule has 1 fully saturated rings. The third-order valence-electron chi connectivity index (χ3n) is 8.51. The van der Waals surface area contributed by atoms with E-state index in [4.69, 9.17) is 19.9 Å². The minimum absolute atomic E-state index is 0. The van der Waals surface area contributed by atoms with Gasteiger partial charge in [-0.2, -0.15) is 0 Å². The van der Waals surface area contributed by atoms with Gasteiger partial charge in [-0.1, -0.05) is 18.2 Å². The van der Waals surface area contributed by atoms with Gasteiger partial charge in [-0.25, -0.2) is 0 Å². The number of para-hydroxylation sites is 1. The Kier molecular flexibility index (Phi) is 18.8. The molecule has 3 aromatic carbocycles. The van der Waals surface area contributed by atoms with Crippen molar-refractivity contribution in [3.8, 4) is 17.2 Å². The monoisotopic (exact) mass is 759 g/mol. The average Bonchev–Trinajstić information content (AvgIpc) is 3.10. The van der Waals surface area contributed by atoms with Crippen LogP contribution < -0.4 is 30.2 Å². The third-order valence-corrected chi connectivity index (χ3v) is 8.51. The van der Waals surface area contributed by atoms with Crippen LogP contribution in [0.2, 0.25) is 0 Å². The maximum absolute atomic E-state index is 13.8. The summed E-state index contributed by atoms with van der Waals surface area (Å²) >= 11 is 0. The molecule has 11 nitrogen and oxygen atoms in total. The van der Waals surface area contributed by atoms with Crippen LogP contribution in [0, 0.1) is 6.92 Å². The lowest BCUT2D eigenvalue weighted by atomic mass is 10.1. The van der Waals surface area contributed by atoms with Crippen molar-refractivity contribution in [1.82, 2.24) is 9.80 Å². The Labute approximate surface area is 321 Å². The van der Waals surface area contributed by atoms with Gasteiger partial charge in [0.25, 0.3) is 11.8 Å². The summed E-state index contributed by atoms with van der Waals surface area (Å²) in [6, 6.07) is 17.8. The number of ether oxygens (including phenoxy) is 3. The lowest BCUT2D eigenvalue weighted by Gasteiger charge is -2.32. The highest BCUT2D eigenvalue weighted by atomic mass is 35.5. The van der Waals surface area contributed by atoms with Crippen molar-refractivity contribution in [3.05, 3.63) is 77.4 Å². The topological polar surface area (TPSA) is 127 Å². The molecule has 1 aliphatic heterocycles. The van der Waals surface area contributed by atoms with E-state index in [1.165, 1.54) is 0 Å². The normalized spacial score (nSPS) is 12.7. The molecular weight excluding hydrogens is 705 g/mol. The highest BCUT2D eigenvalue weighted by Crippen LogP contribution is 2.33. The Balaban J connectivity index is 0.00000468. The van der Waals surface area contributed by atoms with E-state index >= 15 is 0 Å². The lowest BCUT2D eigenvalue weighted by molar-refractivity contribution is -0.132. The molecule has 0 radical (unpaired) electrons. The number of rotatable bonds is 17. The molecule has 286 valence electrons. The van der Waals surface area contributed by atoms with Crippen molar-refractivity contribution in [3.63, 3.8) is 0 Å². The van der Waals surface area contributed by atoms with Crippen molar-refractivity contribution in [1.29, 1.82) is 0 Å². The smallest absolute Gasteiger partial charge is 0.259 e. The molecule has 3 N–H and O–H groups in total. The van der Waals surface area contributed by atoms with Crippen LogP contribution in [0.1, 0.15) is 72.2 Å². The fourth-order valence-corrected chi connectivity index (χ4v) is 5.61. The van der Waals surface area contributed by atoms with Crippen LogP contribution in [0.4, 0.5) is 11.4 Å². The highest BCUT2D eigenvalue weighted by Gasteiger charge is 2.22. The first kappa shape index (κ1) is 44.1. The van der Waals surface area contributed by atoms with Gasteiger partial charge in [0.05, 0.1) is 36.3 Å². The van der Waals surface area contributed by atoms with Gasteiger partial charge in [-0.3, -0.25) is 14.4 Å². The summed E-state index contributed by atoms with van der Waals surface area (Å²) in [6.07, 6.45) is 3.52. The number of hydrogen-bond acceptors (Lipinski definition) is 8. The first-order valence-corrected chi connectivity index (χ1v) is 17.6. The summed E-state index contributed by atoms with van der Waals surface area (Å²) in [5.41, 5.74) is 8.45. The standard InChI is InChI=1S/C39H53N5O6.2ClH/c1-28(2)50-35-27-30(16-17-32(35)41-38(46)31-12-8-9-13-34(31)48-25-11-19-40)39(47)43(5)33-18-15-29(3)26-36(33)49-24-10-6-7-14-37(45)44-22-20-42(4)21-23-44;;/h8-9,12-13,15-18,26-28H,6-7,10-11,14,19-25,40H2,1-5H3,(H,41,46);2*1H.